The minimum absolute atomic E-state index is 0.0431. The zero-order chi connectivity index (χ0) is 17.5. The minimum atomic E-state index is -0.886. The van der Waals surface area contributed by atoms with Gasteiger partial charge in [-0.05, 0) is 23.4 Å². The van der Waals surface area contributed by atoms with E-state index < -0.39 is 24.4 Å². The second-order valence-electron chi connectivity index (χ2n) is 5.88. The standard InChI is InChI=1S/C17H23N3O4/c1-4-14-11(2)15(19-20-18)16(17(24-14)23-12(3)21)22-10-13-8-6-5-7-9-13/h5-9,11,14-17H,4,10H2,1-3H3/t11-,14?,15+,16?,17-/m1/s1. The van der Waals surface area contributed by atoms with E-state index in [9.17, 15) is 4.79 Å². The monoisotopic (exact) mass is 333 g/mol. The summed E-state index contributed by atoms with van der Waals surface area (Å²) in [6.07, 6.45) is -0.978. The first kappa shape index (κ1) is 18.3. The highest BCUT2D eigenvalue weighted by molar-refractivity contribution is 5.66. The average Bonchev–Trinajstić information content (AvgIpc) is 2.57. The van der Waals surface area contributed by atoms with E-state index >= 15 is 0 Å². The van der Waals surface area contributed by atoms with Gasteiger partial charge in [0.2, 0.25) is 6.29 Å². The van der Waals surface area contributed by atoms with Gasteiger partial charge in [0.1, 0.15) is 6.10 Å². The van der Waals surface area contributed by atoms with Crippen LogP contribution in [0.15, 0.2) is 35.4 Å². The topological polar surface area (TPSA) is 93.5 Å². The summed E-state index contributed by atoms with van der Waals surface area (Å²) in [7, 11) is 0. The molecule has 130 valence electrons. The molecule has 1 aromatic carbocycles. The van der Waals surface area contributed by atoms with Crippen LogP contribution in [0.1, 0.15) is 32.8 Å². The lowest BCUT2D eigenvalue weighted by atomic mass is 9.87. The lowest BCUT2D eigenvalue weighted by molar-refractivity contribution is -0.262. The molecule has 24 heavy (non-hydrogen) atoms. The maximum absolute atomic E-state index is 11.4. The van der Waals surface area contributed by atoms with E-state index in [1.54, 1.807) is 0 Å². The number of carbonyl (C=O) groups is 1. The first-order valence-corrected chi connectivity index (χ1v) is 8.09. The Kier molecular flexibility index (Phi) is 6.61. The molecule has 1 aromatic rings. The number of carbonyl (C=O) groups excluding carboxylic acids is 1. The summed E-state index contributed by atoms with van der Waals surface area (Å²) in [5.74, 6) is -0.504. The normalized spacial score (nSPS) is 29.5. The molecule has 0 aromatic heterocycles. The van der Waals surface area contributed by atoms with E-state index in [-0.39, 0.29) is 12.0 Å². The van der Waals surface area contributed by atoms with Gasteiger partial charge in [-0.15, -0.1) is 0 Å². The van der Waals surface area contributed by atoms with E-state index in [0.29, 0.717) is 6.61 Å². The Morgan fingerprint density at radius 3 is 2.67 bits per heavy atom. The van der Waals surface area contributed by atoms with Crippen molar-refractivity contribution in [2.24, 2.45) is 11.0 Å². The molecular weight excluding hydrogens is 310 g/mol. The Balaban J connectivity index is 2.21. The van der Waals surface area contributed by atoms with Gasteiger partial charge in [0.05, 0.1) is 18.8 Å². The van der Waals surface area contributed by atoms with Crippen LogP contribution < -0.4 is 0 Å². The number of esters is 1. The van der Waals surface area contributed by atoms with Crippen molar-refractivity contribution in [3.8, 4) is 0 Å². The first-order chi connectivity index (χ1) is 11.6. The lowest BCUT2D eigenvalue weighted by Gasteiger charge is -2.43. The number of hydrogen-bond donors (Lipinski definition) is 0. The zero-order valence-electron chi connectivity index (χ0n) is 14.2. The second-order valence-corrected chi connectivity index (χ2v) is 5.88. The molecule has 0 radical (unpaired) electrons. The lowest BCUT2D eigenvalue weighted by Crippen LogP contribution is -2.54. The molecule has 2 rings (SSSR count). The van der Waals surface area contributed by atoms with Crippen molar-refractivity contribution in [1.82, 2.24) is 0 Å². The van der Waals surface area contributed by atoms with E-state index in [0.717, 1.165) is 12.0 Å². The maximum atomic E-state index is 11.4. The van der Waals surface area contributed by atoms with Crippen LogP contribution in [0.2, 0.25) is 0 Å². The molecule has 0 bridgehead atoms. The Hall–Kier alpha value is -2.08. The quantitative estimate of drug-likeness (QED) is 0.344. The molecule has 0 spiro atoms. The van der Waals surface area contributed by atoms with Crippen LogP contribution in [0.4, 0.5) is 0 Å². The third-order valence-electron chi connectivity index (χ3n) is 4.19. The highest BCUT2D eigenvalue weighted by atomic mass is 16.7. The largest absolute Gasteiger partial charge is 0.433 e. The molecule has 1 aliphatic heterocycles. The van der Waals surface area contributed by atoms with E-state index in [2.05, 4.69) is 10.0 Å². The highest BCUT2D eigenvalue weighted by Crippen LogP contribution is 2.33. The fourth-order valence-electron chi connectivity index (χ4n) is 2.95. The number of nitrogens with zero attached hydrogens (tertiary/aromatic N) is 3. The maximum Gasteiger partial charge on any atom is 0.305 e. The summed E-state index contributed by atoms with van der Waals surface area (Å²) in [6.45, 7) is 5.56. The molecule has 1 saturated heterocycles. The van der Waals surface area contributed by atoms with Gasteiger partial charge in [-0.3, -0.25) is 4.79 Å². The number of benzene rings is 1. The number of ether oxygens (including phenoxy) is 3. The van der Waals surface area contributed by atoms with Crippen molar-refractivity contribution in [3.63, 3.8) is 0 Å². The first-order valence-electron chi connectivity index (χ1n) is 8.09. The molecule has 0 saturated carbocycles. The van der Waals surface area contributed by atoms with E-state index in [4.69, 9.17) is 19.7 Å². The van der Waals surface area contributed by atoms with Crippen molar-refractivity contribution in [2.75, 3.05) is 0 Å². The summed E-state index contributed by atoms with van der Waals surface area (Å²) in [5.41, 5.74) is 9.90. The van der Waals surface area contributed by atoms with Crippen LogP contribution in [0.5, 0.6) is 0 Å². The SMILES string of the molecule is CCC1O[C@@H](OC(C)=O)C(OCc2ccccc2)[C@@H](N=[N+]=[N-])[C@@H]1C. The smallest absolute Gasteiger partial charge is 0.305 e. The van der Waals surface area contributed by atoms with Crippen molar-refractivity contribution >= 4 is 5.97 Å². The summed E-state index contributed by atoms with van der Waals surface area (Å²) >= 11 is 0. The fourth-order valence-corrected chi connectivity index (χ4v) is 2.95. The van der Waals surface area contributed by atoms with Gasteiger partial charge in [-0.25, -0.2) is 0 Å². The van der Waals surface area contributed by atoms with Crippen LogP contribution in [-0.2, 0) is 25.6 Å². The van der Waals surface area contributed by atoms with Crippen LogP contribution >= 0.6 is 0 Å². The third kappa shape index (κ3) is 4.47. The zero-order valence-corrected chi connectivity index (χ0v) is 14.2. The summed E-state index contributed by atoms with van der Waals surface area (Å²) in [4.78, 5) is 14.4. The summed E-state index contributed by atoms with van der Waals surface area (Å²) in [6, 6.07) is 9.16. The van der Waals surface area contributed by atoms with E-state index in [1.165, 1.54) is 6.92 Å². The Labute approximate surface area is 141 Å². The number of rotatable bonds is 6. The Bertz CT molecular complexity index is 589. The van der Waals surface area contributed by atoms with Crippen molar-refractivity contribution in [2.45, 2.75) is 58.3 Å². The third-order valence-corrected chi connectivity index (χ3v) is 4.19. The van der Waals surface area contributed by atoms with Gasteiger partial charge in [0.15, 0.2) is 0 Å². The molecule has 0 amide bonds. The average molecular weight is 333 g/mol. The molecular formula is C17H23N3O4. The van der Waals surface area contributed by atoms with Gasteiger partial charge in [-0.1, -0.05) is 49.3 Å². The van der Waals surface area contributed by atoms with Gasteiger partial charge >= 0.3 is 5.97 Å². The van der Waals surface area contributed by atoms with Gasteiger partial charge in [0.25, 0.3) is 0 Å². The van der Waals surface area contributed by atoms with Gasteiger partial charge in [0, 0.05) is 11.8 Å². The Morgan fingerprint density at radius 1 is 1.38 bits per heavy atom. The molecule has 0 N–H and O–H groups in total. The second kappa shape index (κ2) is 8.68. The van der Waals surface area contributed by atoms with Crippen molar-refractivity contribution in [3.05, 3.63) is 46.3 Å². The van der Waals surface area contributed by atoms with E-state index in [1.807, 2.05) is 44.2 Å². The molecule has 1 fully saturated rings. The molecule has 0 aliphatic carbocycles. The summed E-state index contributed by atoms with van der Waals surface area (Å²) in [5, 5.41) is 3.90. The molecule has 7 nitrogen and oxygen atoms in total. The van der Waals surface area contributed by atoms with Crippen molar-refractivity contribution < 1.29 is 19.0 Å². The van der Waals surface area contributed by atoms with Crippen LogP contribution in [0.3, 0.4) is 0 Å². The predicted molar refractivity (Wildman–Crippen MR) is 87.8 cm³/mol. The Morgan fingerprint density at radius 2 is 2.08 bits per heavy atom. The number of azide groups is 1. The van der Waals surface area contributed by atoms with Crippen LogP contribution in [0, 0.1) is 5.92 Å². The van der Waals surface area contributed by atoms with Crippen LogP contribution in [-0.4, -0.2) is 30.5 Å². The molecule has 5 atom stereocenters. The van der Waals surface area contributed by atoms with Gasteiger partial charge in [-0.2, -0.15) is 0 Å². The molecule has 1 aliphatic rings. The minimum Gasteiger partial charge on any atom is -0.433 e. The molecule has 2 unspecified atom stereocenters. The van der Waals surface area contributed by atoms with Crippen molar-refractivity contribution in [1.29, 1.82) is 0 Å². The highest BCUT2D eigenvalue weighted by Gasteiger charge is 2.45. The molecule has 1 heterocycles. The number of hydrogen-bond acceptors (Lipinski definition) is 5. The fraction of sp³-hybridized carbons (Fsp3) is 0.588. The van der Waals surface area contributed by atoms with Crippen LogP contribution in [0.25, 0.3) is 10.4 Å². The predicted octanol–water partition coefficient (Wildman–Crippen LogP) is 3.58. The summed E-state index contributed by atoms with van der Waals surface area (Å²) < 4.78 is 17.1. The molecule has 7 heteroatoms. The van der Waals surface area contributed by atoms with Gasteiger partial charge < -0.3 is 14.2 Å².